The topological polar surface area (TPSA) is 37.3 Å². The summed E-state index contributed by atoms with van der Waals surface area (Å²) in [6, 6.07) is 0. The summed E-state index contributed by atoms with van der Waals surface area (Å²) in [5, 5.41) is 8.40. The molecule has 0 aromatic heterocycles. The van der Waals surface area contributed by atoms with Crippen LogP contribution in [0.2, 0.25) is 0 Å². The minimum Gasteiger partial charge on any atom is -0.478 e. The van der Waals surface area contributed by atoms with Gasteiger partial charge in [-0.15, -0.1) is 0 Å². The Balaban J connectivity index is 3.44. The highest BCUT2D eigenvalue weighted by Gasteiger charge is 1.90. The SMILES string of the molecule is CCCCCCCCCCC/C=C/C=C/C=C\C=C/C=C/C(=O)O. The Kier molecular flexibility index (Phi) is 17.8. The van der Waals surface area contributed by atoms with Gasteiger partial charge in [-0.3, -0.25) is 0 Å². The third-order valence-electron chi connectivity index (χ3n) is 3.63. The molecule has 0 spiro atoms. The Labute approximate surface area is 148 Å². The van der Waals surface area contributed by atoms with Crippen molar-refractivity contribution >= 4 is 5.97 Å². The number of carbonyl (C=O) groups is 1. The lowest BCUT2D eigenvalue weighted by Gasteiger charge is -2.00. The van der Waals surface area contributed by atoms with E-state index in [0.717, 1.165) is 12.5 Å². The summed E-state index contributed by atoms with van der Waals surface area (Å²) in [6.45, 7) is 2.26. The van der Waals surface area contributed by atoms with Crippen molar-refractivity contribution in [1.82, 2.24) is 0 Å². The molecule has 1 N–H and O–H groups in total. The van der Waals surface area contributed by atoms with E-state index in [4.69, 9.17) is 5.11 Å². The van der Waals surface area contributed by atoms with Gasteiger partial charge in [-0.2, -0.15) is 0 Å². The van der Waals surface area contributed by atoms with Gasteiger partial charge in [-0.25, -0.2) is 4.79 Å². The molecule has 0 aromatic rings. The minimum absolute atomic E-state index is 0.930. The van der Waals surface area contributed by atoms with Crippen LogP contribution in [0.4, 0.5) is 0 Å². The lowest BCUT2D eigenvalue weighted by atomic mass is 10.1. The molecular weight excluding hydrogens is 296 g/mol. The maximum absolute atomic E-state index is 10.2. The van der Waals surface area contributed by atoms with Gasteiger partial charge in [0.05, 0.1) is 0 Å². The summed E-state index contributed by atoms with van der Waals surface area (Å²) in [5.41, 5.74) is 0. The Bertz CT molecular complexity index is 425. The van der Waals surface area contributed by atoms with E-state index in [-0.39, 0.29) is 0 Å². The second kappa shape index (κ2) is 19.2. The molecule has 0 aliphatic heterocycles. The van der Waals surface area contributed by atoms with Gasteiger partial charge >= 0.3 is 5.97 Å². The van der Waals surface area contributed by atoms with Gasteiger partial charge in [0.1, 0.15) is 0 Å². The Hall–Kier alpha value is -1.83. The number of rotatable bonds is 15. The molecule has 2 heteroatoms. The highest BCUT2D eigenvalue weighted by Crippen LogP contribution is 2.10. The van der Waals surface area contributed by atoms with Gasteiger partial charge in [0.25, 0.3) is 0 Å². The van der Waals surface area contributed by atoms with Crippen molar-refractivity contribution in [2.24, 2.45) is 0 Å². The van der Waals surface area contributed by atoms with Crippen LogP contribution in [-0.4, -0.2) is 11.1 Å². The van der Waals surface area contributed by atoms with Crippen LogP contribution < -0.4 is 0 Å². The van der Waals surface area contributed by atoms with Gasteiger partial charge in [0.15, 0.2) is 0 Å². The Morgan fingerprint density at radius 3 is 1.67 bits per heavy atom. The normalized spacial score (nSPS) is 12.7. The number of carboxylic acid groups (broad SMARTS) is 1. The largest absolute Gasteiger partial charge is 0.478 e. The lowest BCUT2D eigenvalue weighted by Crippen LogP contribution is -1.84. The zero-order valence-corrected chi connectivity index (χ0v) is 15.2. The van der Waals surface area contributed by atoms with E-state index in [9.17, 15) is 4.79 Å². The molecular formula is C22H34O2. The lowest BCUT2D eigenvalue weighted by molar-refractivity contribution is -0.131. The molecule has 0 aliphatic rings. The van der Waals surface area contributed by atoms with Crippen LogP contribution in [0, 0.1) is 0 Å². The molecule has 0 bridgehead atoms. The number of allylic oxidation sites excluding steroid dienone is 9. The number of hydrogen-bond acceptors (Lipinski definition) is 1. The summed E-state index contributed by atoms with van der Waals surface area (Å²) in [4.78, 5) is 10.2. The van der Waals surface area contributed by atoms with Crippen molar-refractivity contribution in [3.8, 4) is 0 Å². The fourth-order valence-electron chi connectivity index (χ4n) is 2.27. The van der Waals surface area contributed by atoms with E-state index in [1.54, 1.807) is 12.2 Å². The Morgan fingerprint density at radius 1 is 0.667 bits per heavy atom. The first-order chi connectivity index (χ1) is 11.8. The number of aliphatic carboxylic acids is 1. The molecule has 0 atom stereocenters. The molecule has 0 saturated heterocycles. The Morgan fingerprint density at radius 2 is 1.12 bits per heavy atom. The molecule has 0 amide bonds. The average Bonchev–Trinajstić information content (AvgIpc) is 2.56. The van der Waals surface area contributed by atoms with Crippen molar-refractivity contribution in [2.75, 3.05) is 0 Å². The van der Waals surface area contributed by atoms with Crippen LogP contribution in [0.25, 0.3) is 0 Å². The van der Waals surface area contributed by atoms with Crippen molar-refractivity contribution in [3.05, 3.63) is 60.8 Å². The van der Waals surface area contributed by atoms with Crippen LogP contribution in [0.3, 0.4) is 0 Å². The van der Waals surface area contributed by atoms with Gasteiger partial charge in [0.2, 0.25) is 0 Å². The standard InChI is InChI=1S/C22H34O2/c1-2-3-4-5-6-7-8-9-10-11-12-13-14-15-16-17-18-19-20-21-22(23)24/h12-21H,2-11H2,1H3,(H,23,24)/b13-12+,15-14+,17-16-,19-18-,21-20+. The zero-order chi connectivity index (χ0) is 17.7. The fraction of sp³-hybridized carbons (Fsp3) is 0.500. The van der Waals surface area contributed by atoms with E-state index in [1.807, 2.05) is 24.3 Å². The summed E-state index contributed by atoms with van der Waals surface area (Å²) < 4.78 is 0. The molecule has 24 heavy (non-hydrogen) atoms. The molecule has 0 aromatic carbocycles. The van der Waals surface area contributed by atoms with Crippen molar-refractivity contribution in [3.63, 3.8) is 0 Å². The second-order valence-electron chi connectivity index (χ2n) is 5.90. The monoisotopic (exact) mass is 330 g/mol. The summed E-state index contributed by atoms with van der Waals surface area (Å²) >= 11 is 0. The summed E-state index contributed by atoms with van der Waals surface area (Å²) in [7, 11) is 0. The predicted molar refractivity (Wildman–Crippen MR) is 105 cm³/mol. The fourth-order valence-corrected chi connectivity index (χ4v) is 2.27. The van der Waals surface area contributed by atoms with Crippen LogP contribution in [-0.2, 0) is 4.79 Å². The van der Waals surface area contributed by atoms with Crippen LogP contribution in [0.15, 0.2) is 60.8 Å². The molecule has 0 aliphatic carbocycles. The van der Waals surface area contributed by atoms with Crippen LogP contribution in [0.1, 0.15) is 71.1 Å². The van der Waals surface area contributed by atoms with Crippen molar-refractivity contribution in [2.45, 2.75) is 71.1 Å². The smallest absolute Gasteiger partial charge is 0.328 e. The average molecular weight is 331 g/mol. The zero-order valence-electron chi connectivity index (χ0n) is 15.2. The second-order valence-corrected chi connectivity index (χ2v) is 5.90. The third kappa shape index (κ3) is 20.2. The van der Waals surface area contributed by atoms with E-state index in [1.165, 1.54) is 63.9 Å². The van der Waals surface area contributed by atoms with E-state index in [0.29, 0.717) is 0 Å². The van der Waals surface area contributed by atoms with Gasteiger partial charge in [0, 0.05) is 6.08 Å². The quantitative estimate of drug-likeness (QED) is 0.204. The summed E-state index contributed by atoms with van der Waals surface area (Å²) in [6.07, 6.45) is 31.7. The van der Waals surface area contributed by atoms with Gasteiger partial charge in [-0.05, 0) is 12.8 Å². The van der Waals surface area contributed by atoms with Crippen LogP contribution >= 0.6 is 0 Å². The van der Waals surface area contributed by atoms with E-state index in [2.05, 4.69) is 19.1 Å². The van der Waals surface area contributed by atoms with Crippen LogP contribution in [0.5, 0.6) is 0 Å². The first kappa shape index (κ1) is 22.2. The van der Waals surface area contributed by atoms with Crippen molar-refractivity contribution in [1.29, 1.82) is 0 Å². The molecule has 0 heterocycles. The first-order valence-corrected chi connectivity index (χ1v) is 9.33. The van der Waals surface area contributed by atoms with E-state index < -0.39 is 5.97 Å². The number of hydrogen-bond donors (Lipinski definition) is 1. The van der Waals surface area contributed by atoms with Crippen molar-refractivity contribution < 1.29 is 9.90 Å². The van der Waals surface area contributed by atoms with Gasteiger partial charge in [-0.1, -0.05) is 113 Å². The molecule has 134 valence electrons. The maximum Gasteiger partial charge on any atom is 0.328 e. The number of unbranched alkanes of at least 4 members (excludes halogenated alkanes) is 9. The molecule has 0 rings (SSSR count). The summed E-state index contributed by atoms with van der Waals surface area (Å²) in [5.74, 6) is -0.930. The highest BCUT2D eigenvalue weighted by molar-refractivity contribution is 5.80. The third-order valence-corrected chi connectivity index (χ3v) is 3.63. The minimum atomic E-state index is -0.930. The molecule has 0 unspecified atom stereocenters. The molecule has 2 nitrogen and oxygen atoms in total. The highest BCUT2D eigenvalue weighted by atomic mass is 16.4. The number of carboxylic acids is 1. The maximum atomic E-state index is 10.2. The molecule has 0 radical (unpaired) electrons. The molecule has 0 saturated carbocycles. The van der Waals surface area contributed by atoms with E-state index >= 15 is 0 Å². The predicted octanol–water partition coefficient (Wildman–Crippen LogP) is 6.77. The first-order valence-electron chi connectivity index (χ1n) is 9.33. The van der Waals surface area contributed by atoms with Gasteiger partial charge < -0.3 is 5.11 Å². The molecule has 0 fully saturated rings.